The van der Waals surface area contributed by atoms with E-state index in [4.69, 9.17) is 16.7 Å². The maximum atomic E-state index is 13.7. The van der Waals surface area contributed by atoms with Crippen LogP contribution in [0.2, 0.25) is 5.02 Å². The van der Waals surface area contributed by atoms with E-state index < -0.39 is 16.0 Å². The first-order valence-corrected chi connectivity index (χ1v) is 11.8. The van der Waals surface area contributed by atoms with Gasteiger partial charge in [-0.2, -0.15) is 4.31 Å². The molecule has 1 N–H and O–H groups in total. The number of aromatic carboxylic acids is 1. The second-order valence-electron chi connectivity index (χ2n) is 7.22. The van der Waals surface area contributed by atoms with Gasteiger partial charge in [0.2, 0.25) is 10.0 Å². The number of carboxylic acid groups (broad SMARTS) is 1. The Labute approximate surface area is 188 Å². The zero-order valence-corrected chi connectivity index (χ0v) is 18.7. The van der Waals surface area contributed by atoms with Gasteiger partial charge >= 0.3 is 5.97 Å². The highest BCUT2D eigenvalue weighted by Crippen LogP contribution is 2.33. The van der Waals surface area contributed by atoms with Gasteiger partial charge in [-0.15, -0.1) is 0 Å². The van der Waals surface area contributed by atoms with Crippen molar-refractivity contribution < 1.29 is 18.3 Å². The van der Waals surface area contributed by atoms with Gasteiger partial charge in [-0.1, -0.05) is 67.4 Å². The molecule has 3 aromatic carbocycles. The van der Waals surface area contributed by atoms with Crippen molar-refractivity contribution in [2.75, 3.05) is 0 Å². The quantitative estimate of drug-likeness (QED) is 0.442. The van der Waals surface area contributed by atoms with Crippen LogP contribution in [0.15, 0.2) is 83.8 Å². The number of rotatable bonds is 9. The molecule has 162 valence electrons. The summed E-state index contributed by atoms with van der Waals surface area (Å²) in [5, 5.41) is 9.61. The number of halogens is 1. The minimum absolute atomic E-state index is 0.115. The van der Waals surface area contributed by atoms with E-state index in [0.29, 0.717) is 17.0 Å². The smallest absolute Gasteiger partial charge is 0.335 e. The van der Waals surface area contributed by atoms with Crippen LogP contribution in [0.5, 0.6) is 0 Å². The van der Waals surface area contributed by atoms with Gasteiger partial charge < -0.3 is 5.11 Å². The maximum Gasteiger partial charge on any atom is 0.335 e. The SMILES string of the molecule is CCCC(c1ccccc1)N(Cc1ccc(C(=O)O)cc1)S(=O)(=O)c1ccc(Cl)cc1. The predicted octanol–water partition coefficient (Wildman–Crippen LogP) is 5.77. The van der Waals surface area contributed by atoms with Gasteiger partial charge in [0.15, 0.2) is 0 Å². The second kappa shape index (κ2) is 10.1. The van der Waals surface area contributed by atoms with Crippen LogP contribution in [0.1, 0.15) is 47.3 Å². The average Bonchev–Trinajstić information content (AvgIpc) is 2.77. The zero-order chi connectivity index (χ0) is 22.4. The van der Waals surface area contributed by atoms with Crippen LogP contribution in [0.3, 0.4) is 0 Å². The fraction of sp³-hybridized carbons (Fsp3) is 0.208. The molecule has 0 aliphatic heterocycles. The van der Waals surface area contributed by atoms with Crippen LogP contribution in [-0.2, 0) is 16.6 Å². The van der Waals surface area contributed by atoms with Gasteiger partial charge in [0.25, 0.3) is 0 Å². The van der Waals surface area contributed by atoms with Crippen LogP contribution in [0.4, 0.5) is 0 Å². The third-order valence-corrected chi connectivity index (χ3v) is 7.17. The van der Waals surface area contributed by atoms with Crippen LogP contribution in [-0.4, -0.2) is 23.8 Å². The van der Waals surface area contributed by atoms with Crippen molar-refractivity contribution in [2.45, 2.75) is 37.2 Å². The first kappa shape index (κ1) is 23.0. The zero-order valence-electron chi connectivity index (χ0n) is 17.1. The topological polar surface area (TPSA) is 74.7 Å². The standard InChI is InChI=1S/C24H24ClNO4S/c1-2-6-23(19-7-4-3-5-8-19)26(17-18-9-11-20(12-10-18)24(27)28)31(29,30)22-15-13-21(25)14-16-22/h3-5,7-16,23H,2,6,17H2,1H3,(H,27,28). The summed E-state index contributed by atoms with van der Waals surface area (Å²) in [6.45, 7) is 2.13. The van der Waals surface area contributed by atoms with Crippen molar-refractivity contribution in [1.29, 1.82) is 0 Å². The summed E-state index contributed by atoms with van der Waals surface area (Å²) in [5.41, 5.74) is 1.77. The van der Waals surface area contributed by atoms with E-state index in [1.807, 2.05) is 37.3 Å². The summed E-state index contributed by atoms with van der Waals surface area (Å²) in [6.07, 6.45) is 1.44. The first-order chi connectivity index (χ1) is 14.8. The fourth-order valence-corrected chi connectivity index (χ4v) is 5.22. The molecule has 0 saturated heterocycles. The highest BCUT2D eigenvalue weighted by Gasteiger charge is 2.32. The third-order valence-electron chi connectivity index (χ3n) is 5.05. The van der Waals surface area contributed by atoms with Crippen LogP contribution < -0.4 is 0 Å². The molecule has 3 aromatic rings. The number of carboxylic acids is 1. The fourth-order valence-electron chi connectivity index (χ4n) is 3.46. The third kappa shape index (κ3) is 5.53. The Bertz CT molecular complexity index is 1110. The molecule has 0 fully saturated rings. The van der Waals surface area contributed by atoms with E-state index in [-0.39, 0.29) is 23.0 Å². The summed E-state index contributed by atoms with van der Waals surface area (Å²) in [6, 6.07) is 21.6. The van der Waals surface area contributed by atoms with Gasteiger partial charge in [-0.25, -0.2) is 13.2 Å². The normalized spacial score (nSPS) is 12.6. The molecule has 1 atom stereocenters. The number of sulfonamides is 1. The lowest BCUT2D eigenvalue weighted by Crippen LogP contribution is -2.34. The molecular formula is C24H24ClNO4S. The molecule has 0 radical (unpaired) electrons. The molecule has 0 aromatic heterocycles. The van der Waals surface area contributed by atoms with Gasteiger partial charge in [0.05, 0.1) is 16.5 Å². The van der Waals surface area contributed by atoms with Gasteiger partial charge in [0, 0.05) is 11.6 Å². The van der Waals surface area contributed by atoms with Crippen LogP contribution in [0, 0.1) is 0 Å². The largest absolute Gasteiger partial charge is 0.478 e. The molecule has 7 heteroatoms. The van der Waals surface area contributed by atoms with Crippen molar-refractivity contribution in [3.05, 3.63) is 101 Å². The average molecular weight is 458 g/mol. The molecule has 3 rings (SSSR count). The van der Waals surface area contributed by atoms with Crippen molar-refractivity contribution in [1.82, 2.24) is 4.31 Å². The van der Waals surface area contributed by atoms with E-state index in [9.17, 15) is 13.2 Å². The van der Waals surface area contributed by atoms with Crippen molar-refractivity contribution in [2.24, 2.45) is 0 Å². The van der Waals surface area contributed by atoms with Crippen molar-refractivity contribution >= 4 is 27.6 Å². The monoisotopic (exact) mass is 457 g/mol. The highest BCUT2D eigenvalue weighted by atomic mass is 35.5. The minimum atomic E-state index is -3.85. The molecule has 5 nitrogen and oxygen atoms in total. The Hall–Kier alpha value is -2.67. The lowest BCUT2D eigenvalue weighted by Gasteiger charge is -2.31. The summed E-state index contributed by atoms with van der Waals surface area (Å²) in [7, 11) is -3.85. The molecule has 0 spiro atoms. The Morgan fingerprint density at radius 2 is 1.58 bits per heavy atom. The maximum absolute atomic E-state index is 13.7. The van der Waals surface area contributed by atoms with E-state index in [2.05, 4.69) is 0 Å². The molecule has 0 amide bonds. The number of benzene rings is 3. The number of hydrogen-bond donors (Lipinski definition) is 1. The predicted molar refractivity (Wildman–Crippen MR) is 122 cm³/mol. The Morgan fingerprint density at radius 1 is 0.968 bits per heavy atom. The molecular weight excluding hydrogens is 434 g/mol. The Kier molecular flexibility index (Phi) is 7.49. The molecule has 0 saturated carbocycles. The first-order valence-electron chi connectivity index (χ1n) is 9.97. The van der Waals surface area contributed by atoms with E-state index >= 15 is 0 Å². The lowest BCUT2D eigenvalue weighted by atomic mass is 10.0. The second-order valence-corrected chi connectivity index (χ2v) is 9.55. The summed E-state index contributed by atoms with van der Waals surface area (Å²) >= 11 is 5.96. The number of nitrogens with zero attached hydrogens (tertiary/aromatic N) is 1. The molecule has 0 aliphatic rings. The molecule has 0 aliphatic carbocycles. The summed E-state index contributed by atoms with van der Waals surface area (Å²) in [5.74, 6) is -1.02. The highest BCUT2D eigenvalue weighted by molar-refractivity contribution is 7.89. The minimum Gasteiger partial charge on any atom is -0.478 e. The van der Waals surface area contributed by atoms with Gasteiger partial charge in [0.1, 0.15) is 0 Å². The van der Waals surface area contributed by atoms with Gasteiger partial charge in [-0.05, 0) is 53.9 Å². The van der Waals surface area contributed by atoms with Gasteiger partial charge in [-0.3, -0.25) is 0 Å². The van der Waals surface area contributed by atoms with Crippen molar-refractivity contribution in [3.8, 4) is 0 Å². The number of carbonyl (C=O) groups is 1. The van der Waals surface area contributed by atoms with E-state index in [1.165, 1.54) is 28.6 Å². The molecule has 1 unspecified atom stereocenters. The Morgan fingerprint density at radius 3 is 2.13 bits per heavy atom. The molecule has 0 heterocycles. The van der Waals surface area contributed by atoms with Crippen LogP contribution in [0.25, 0.3) is 0 Å². The van der Waals surface area contributed by atoms with Crippen LogP contribution >= 0.6 is 11.6 Å². The molecule has 31 heavy (non-hydrogen) atoms. The lowest BCUT2D eigenvalue weighted by molar-refractivity contribution is 0.0697. The summed E-state index contributed by atoms with van der Waals surface area (Å²) in [4.78, 5) is 11.3. The van der Waals surface area contributed by atoms with E-state index in [0.717, 1.165) is 12.0 Å². The van der Waals surface area contributed by atoms with Crippen molar-refractivity contribution in [3.63, 3.8) is 0 Å². The Balaban J connectivity index is 2.07. The molecule has 0 bridgehead atoms. The van der Waals surface area contributed by atoms with E-state index in [1.54, 1.807) is 24.3 Å². The summed E-state index contributed by atoms with van der Waals surface area (Å²) < 4.78 is 28.9. The number of hydrogen-bond acceptors (Lipinski definition) is 3.